The minimum Gasteiger partial charge on any atom is -0.481 e. The Labute approximate surface area is 187 Å². The maximum absolute atomic E-state index is 12.1. The number of carboxylic acids is 1. The Bertz CT molecular complexity index is 1010. The van der Waals surface area contributed by atoms with Crippen molar-refractivity contribution in [3.8, 4) is 23.0 Å². The summed E-state index contributed by atoms with van der Waals surface area (Å²) in [5, 5.41) is 13.8. The standard InChI is InChI=1S/C25H26N2O5/c1-17(15-24(29)30)12-14-26-23(28)11-6-13-27-25(31)32-16-22-20-9-4-2-7-18(20)19-8-3-5-10-21(19)22/h2-5,7-10,17,22H,12-16H2,1H3,(H,26,28)(H,27,31)(H,29,30). The van der Waals surface area contributed by atoms with Gasteiger partial charge in [0.1, 0.15) is 6.61 Å². The minimum absolute atomic E-state index is 0.0144. The Hall–Kier alpha value is -3.79. The lowest BCUT2D eigenvalue weighted by Crippen LogP contribution is -2.27. The Morgan fingerprint density at radius 2 is 1.66 bits per heavy atom. The summed E-state index contributed by atoms with van der Waals surface area (Å²) in [5.74, 6) is 3.59. The highest BCUT2D eigenvalue weighted by atomic mass is 16.5. The number of amides is 2. The average Bonchev–Trinajstić information content (AvgIpc) is 3.08. The third-order valence-electron chi connectivity index (χ3n) is 5.31. The van der Waals surface area contributed by atoms with Crippen LogP contribution in [0.25, 0.3) is 11.1 Å². The molecule has 0 radical (unpaired) electrons. The third kappa shape index (κ3) is 6.11. The molecule has 3 N–H and O–H groups in total. The molecule has 7 heteroatoms. The number of benzene rings is 2. The van der Waals surface area contributed by atoms with Gasteiger partial charge in [0.25, 0.3) is 5.91 Å². The van der Waals surface area contributed by atoms with E-state index in [1.165, 1.54) is 0 Å². The SMILES string of the molecule is CC(CCNC(=O)C#CCNC(=O)OCC1c2ccccc2-c2ccccc21)CC(=O)O. The molecule has 0 spiro atoms. The van der Waals surface area contributed by atoms with Crippen LogP contribution in [-0.2, 0) is 14.3 Å². The van der Waals surface area contributed by atoms with Gasteiger partial charge in [-0.2, -0.15) is 0 Å². The molecule has 32 heavy (non-hydrogen) atoms. The fourth-order valence-electron chi connectivity index (χ4n) is 3.77. The number of fused-ring (bicyclic) bond motifs is 3. The van der Waals surface area contributed by atoms with E-state index in [1.54, 1.807) is 0 Å². The van der Waals surface area contributed by atoms with E-state index in [-0.39, 0.29) is 31.4 Å². The van der Waals surface area contributed by atoms with Gasteiger partial charge in [0, 0.05) is 18.9 Å². The normalized spacial score (nSPS) is 12.5. The van der Waals surface area contributed by atoms with Gasteiger partial charge in [-0.3, -0.25) is 9.59 Å². The first kappa shape index (κ1) is 22.9. The fourth-order valence-corrected chi connectivity index (χ4v) is 3.77. The van der Waals surface area contributed by atoms with Crippen molar-refractivity contribution in [2.75, 3.05) is 19.7 Å². The molecule has 2 aromatic carbocycles. The van der Waals surface area contributed by atoms with Gasteiger partial charge in [0.2, 0.25) is 0 Å². The number of carboxylic acid groups (broad SMARTS) is 1. The zero-order valence-corrected chi connectivity index (χ0v) is 17.9. The maximum Gasteiger partial charge on any atom is 0.407 e. The average molecular weight is 434 g/mol. The molecule has 0 heterocycles. The van der Waals surface area contributed by atoms with Crippen LogP contribution < -0.4 is 10.6 Å². The molecular weight excluding hydrogens is 408 g/mol. The molecule has 0 saturated heterocycles. The van der Waals surface area contributed by atoms with E-state index in [2.05, 4.69) is 34.6 Å². The minimum atomic E-state index is -0.858. The lowest BCUT2D eigenvalue weighted by molar-refractivity contribution is -0.138. The summed E-state index contributed by atoms with van der Waals surface area (Å²) in [6.07, 6.45) is 0.0210. The van der Waals surface area contributed by atoms with Crippen molar-refractivity contribution in [1.82, 2.24) is 10.6 Å². The van der Waals surface area contributed by atoms with Gasteiger partial charge in [-0.25, -0.2) is 4.79 Å². The molecule has 3 rings (SSSR count). The first-order valence-corrected chi connectivity index (χ1v) is 10.5. The second-order valence-electron chi connectivity index (χ2n) is 7.73. The van der Waals surface area contributed by atoms with Crippen LogP contribution in [0.4, 0.5) is 4.79 Å². The van der Waals surface area contributed by atoms with E-state index in [0.717, 1.165) is 22.3 Å². The molecule has 0 saturated carbocycles. The van der Waals surface area contributed by atoms with E-state index in [0.29, 0.717) is 13.0 Å². The van der Waals surface area contributed by atoms with Crippen molar-refractivity contribution < 1.29 is 24.2 Å². The number of nitrogens with one attached hydrogen (secondary N) is 2. The summed E-state index contributed by atoms with van der Waals surface area (Å²) in [5.41, 5.74) is 4.59. The van der Waals surface area contributed by atoms with Crippen molar-refractivity contribution in [1.29, 1.82) is 0 Å². The summed E-state index contributed by atoms with van der Waals surface area (Å²) in [6.45, 7) is 2.35. The van der Waals surface area contributed by atoms with Gasteiger partial charge in [0.15, 0.2) is 0 Å². The Balaban J connectivity index is 1.40. The molecule has 0 bridgehead atoms. The van der Waals surface area contributed by atoms with Crippen LogP contribution in [0.3, 0.4) is 0 Å². The summed E-state index contributed by atoms with van der Waals surface area (Å²) >= 11 is 0. The number of hydrogen-bond acceptors (Lipinski definition) is 4. The number of carbonyl (C=O) groups excluding carboxylic acids is 2. The van der Waals surface area contributed by atoms with Gasteiger partial charge < -0.3 is 20.5 Å². The lowest BCUT2D eigenvalue weighted by atomic mass is 9.98. The first-order valence-electron chi connectivity index (χ1n) is 10.5. The lowest BCUT2D eigenvalue weighted by Gasteiger charge is -2.14. The van der Waals surface area contributed by atoms with Crippen molar-refractivity contribution in [3.05, 3.63) is 59.7 Å². The van der Waals surface area contributed by atoms with Gasteiger partial charge in [-0.05, 0) is 40.5 Å². The monoisotopic (exact) mass is 434 g/mol. The van der Waals surface area contributed by atoms with Crippen LogP contribution in [0.15, 0.2) is 48.5 Å². The summed E-state index contributed by atoms with van der Waals surface area (Å²) in [7, 11) is 0. The highest BCUT2D eigenvalue weighted by molar-refractivity contribution is 5.93. The second kappa shape index (κ2) is 11.0. The van der Waals surface area contributed by atoms with Crippen LogP contribution in [0.5, 0.6) is 0 Å². The quantitative estimate of drug-likeness (QED) is 0.554. The Morgan fingerprint density at radius 1 is 1.03 bits per heavy atom. The number of rotatable bonds is 8. The summed E-state index contributed by atoms with van der Waals surface area (Å²) in [6, 6.07) is 16.2. The van der Waals surface area contributed by atoms with E-state index in [4.69, 9.17) is 9.84 Å². The van der Waals surface area contributed by atoms with Crippen LogP contribution in [0, 0.1) is 17.8 Å². The zero-order chi connectivity index (χ0) is 22.9. The molecule has 1 aliphatic rings. The predicted molar refractivity (Wildman–Crippen MR) is 120 cm³/mol. The highest BCUT2D eigenvalue weighted by Gasteiger charge is 2.28. The molecular formula is C25H26N2O5. The smallest absolute Gasteiger partial charge is 0.407 e. The third-order valence-corrected chi connectivity index (χ3v) is 5.31. The molecule has 1 unspecified atom stereocenters. The van der Waals surface area contributed by atoms with Gasteiger partial charge >= 0.3 is 12.1 Å². The second-order valence-corrected chi connectivity index (χ2v) is 7.73. The predicted octanol–water partition coefficient (Wildman–Crippen LogP) is 3.15. The molecule has 0 aliphatic heterocycles. The van der Waals surface area contributed by atoms with Gasteiger partial charge in [0.05, 0.1) is 6.54 Å². The zero-order valence-electron chi connectivity index (χ0n) is 17.9. The molecule has 7 nitrogen and oxygen atoms in total. The van der Waals surface area contributed by atoms with Crippen LogP contribution in [0.1, 0.15) is 36.8 Å². The van der Waals surface area contributed by atoms with Crippen molar-refractivity contribution in [2.24, 2.45) is 5.92 Å². The van der Waals surface area contributed by atoms with Gasteiger partial charge in [-0.1, -0.05) is 61.4 Å². The van der Waals surface area contributed by atoms with E-state index in [1.807, 2.05) is 43.3 Å². The Morgan fingerprint density at radius 3 is 2.28 bits per heavy atom. The number of ether oxygens (including phenoxy) is 1. The molecule has 0 aromatic heterocycles. The maximum atomic E-state index is 12.1. The van der Waals surface area contributed by atoms with Crippen LogP contribution in [-0.4, -0.2) is 42.8 Å². The molecule has 2 aromatic rings. The fraction of sp³-hybridized carbons (Fsp3) is 0.320. The molecule has 1 atom stereocenters. The molecule has 0 fully saturated rings. The number of aliphatic carboxylic acids is 1. The van der Waals surface area contributed by atoms with E-state index < -0.39 is 18.0 Å². The van der Waals surface area contributed by atoms with Crippen molar-refractivity contribution in [2.45, 2.75) is 25.7 Å². The molecule has 166 valence electrons. The summed E-state index contributed by atoms with van der Waals surface area (Å²) in [4.78, 5) is 34.3. The van der Waals surface area contributed by atoms with Crippen molar-refractivity contribution in [3.63, 3.8) is 0 Å². The number of hydrogen-bond donors (Lipinski definition) is 3. The topological polar surface area (TPSA) is 105 Å². The number of alkyl carbamates (subject to hydrolysis) is 1. The molecule has 2 amide bonds. The first-order chi connectivity index (χ1) is 15.5. The van der Waals surface area contributed by atoms with Crippen LogP contribution >= 0.6 is 0 Å². The molecule has 1 aliphatic carbocycles. The van der Waals surface area contributed by atoms with Crippen LogP contribution in [0.2, 0.25) is 0 Å². The van der Waals surface area contributed by atoms with Gasteiger partial charge in [-0.15, -0.1) is 0 Å². The largest absolute Gasteiger partial charge is 0.481 e. The van der Waals surface area contributed by atoms with Crippen molar-refractivity contribution >= 4 is 18.0 Å². The van der Waals surface area contributed by atoms with E-state index >= 15 is 0 Å². The number of carbonyl (C=O) groups is 3. The Kier molecular flexibility index (Phi) is 7.87. The highest BCUT2D eigenvalue weighted by Crippen LogP contribution is 2.44. The summed E-state index contributed by atoms with van der Waals surface area (Å²) < 4.78 is 5.40. The van der Waals surface area contributed by atoms with E-state index in [9.17, 15) is 14.4 Å².